The summed E-state index contributed by atoms with van der Waals surface area (Å²) < 4.78 is 1.74. The normalized spacial score (nSPS) is 11.0. The molecule has 118 valence electrons. The van der Waals surface area contributed by atoms with E-state index in [1.54, 1.807) is 4.52 Å². The molecular weight excluding hydrogens is 298 g/mol. The topological polar surface area (TPSA) is 55.1 Å². The highest BCUT2D eigenvalue weighted by molar-refractivity contribution is 5.66. The minimum atomic E-state index is 0.708. The Morgan fingerprint density at radius 2 is 1.58 bits per heavy atom. The molecule has 0 radical (unpaired) electrons. The third kappa shape index (κ3) is 3.02. The molecule has 5 nitrogen and oxygen atoms in total. The fraction of sp³-hybridized carbons (Fsp3) is 0.105. The maximum Gasteiger partial charge on any atom is 0.183 e. The largest absolute Gasteiger partial charge is 0.308 e. The number of rotatable bonds is 5. The van der Waals surface area contributed by atoms with E-state index in [-0.39, 0.29) is 0 Å². The molecule has 0 aliphatic rings. The third-order valence-corrected chi connectivity index (χ3v) is 3.97. The van der Waals surface area contributed by atoms with E-state index in [1.165, 1.54) is 5.56 Å². The van der Waals surface area contributed by atoms with E-state index in [0.29, 0.717) is 6.54 Å². The van der Waals surface area contributed by atoms with Crippen LogP contribution in [-0.2, 0) is 13.1 Å². The fourth-order valence-electron chi connectivity index (χ4n) is 2.77. The summed E-state index contributed by atoms with van der Waals surface area (Å²) in [6, 6.07) is 22.8. The smallest absolute Gasteiger partial charge is 0.183 e. The molecule has 0 unspecified atom stereocenters. The summed E-state index contributed by atoms with van der Waals surface area (Å²) in [6.07, 6.45) is 1.96. The van der Waals surface area contributed by atoms with E-state index >= 15 is 0 Å². The van der Waals surface area contributed by atoms with Crippen LogP contribution in [0.3, 0.4) is 0 Å². The Labute approximate surface area is 140 Å². The highest BCUT2D eigenvalue weighted by Crippen LogP contribution is 2.21. The van der Waals surface area contributed by atoms with E-state index in [4.69, 9.17) is 0 Å². The molecule has 2 heterocycles. The van der Waals surface area contributed by atoms with E-state index < -0.39 is 0 Å². The minimum absolute atomic E-state index is 0.708. The Hall–Kier alpha value is -3.05. The molecule has 2 aromatic carbocycles. The molecule has 0 spiro atoms. The molecule has 0 amide bonds. The van der Waals surface area contributed by atoms with E-state index in [2.05, 4.69) is 51.2 Å². The van der Waals surface area contributed by atoms with Gasteiger partial charge < -0.3 is 5.32 Å². The van der Waals surface area contributed by atoms with E-state index in [1.807, 2.05) is 42.6 Å². The van der Waals surface area contributed by atoms with Crippen LogP contribution in [0.4, 0.5) is 0 Å². The monoisotopic (exact) mass is 315 g/mol. The zero-order valence-corrected chi connectivity index (χ0v) is 13.1. The summed E-state index contributed by atoms with van der Waals surface area (Å²) in [6.45, 7) is 1.52. The molecule has 0 aliphatic heterocycles. The first kappa shape index (κ1) is 14.5. The first-order valence-corrected chi connectivity index (χ1v) is 7.91. The van der Waals surface area contributed by atoms with Gasteiger partial charge in [0.05, 0.1) is 0 Å². The number of tetrazole rings is 1. The zero-order chi connectivity index (χ0) is 16.2. The summed E-state index contributed by atoms with van der Waals surface area (Å²) >= 11 is 0. The molecule has 24 heavy (non-hydrogen) atoms. The van der Waals surface area contributed by atoms with Crippen LogP contribution in [-0.4, -0.2) is 20.0 Å². The van der Waals surface area contributed by atoms with Gasteiger partial charge in [-0.3, -0.25) is 0 Å². The number of pyridine rings is 1. The van der Waals surface area contributed by atoms with Gasteiger partial charge in [-0.15, -0.1) is 5.10 Å². The van der Waals surface area contributed by atoms with Gasteiger partial charge in [-0.25, -0.2) is 0 Å². The van der Waals surface area contributed by atoms with Crippen molar-refractivity contribution in [2.24, 2.45) is 0 Å². The van der Waals surface area contributed by atoms with Gasteiger partial charge in [-0.2, -0.15) is 4.52 Å². The second kappa shape index (κ2) is 6.60. The Morgan fingerprint density at radius 3 is 2.38 bits per heavy atom. The van der Waals surface area contributed by atoms with Gasteiger partial charge in [-0.1, -0.05) is 60.7 Å². The number of aromatic nitrogens is 4. The standard InChI is InChI=1S/C19H17N5/c1-3-7-15(8-4-1)12-20-13-17-11-18(16-9-5-2-6-10-16)14-24-19(17)21-22-23-24/h1-11,14,20H,12-13H2. The van der Waals surface area contributed by atoms with Crippen molar-refractivity contribution in [2.75, 3.05) is 0 Å². The lowest BCUT2D eigenvalue weighted by Crippen LogP contribution is -2.13. The average molecular weight is 315 g/mol. The van der Waals surface area contributed by atoms with Gasteiger partial charge in [0.25, 0.3) is 0 Å². The van der Waals surface area contributed by atoms with Crippen molar-refractivity contribution in [1.82, 2.24) is 25.4 Å². The van der Waals surface area contributed by atoms with Gasteiger partial charge in [0.2, 0.25) is 0 Å². The minimum Gasteiger partial charge on any atom is -0.308 e. The van der Waals surface area contributed by atoms with Crippen LogP contribution in [0.5, 0.6) is 0 Å². The number of benzene rings is 2. The number of nitrogens with one attached hydrogen (secondary N) is 1. The lowest BCUT2D eigenvalue weighted by atomic mass is 10.1. The van der Waals surface area contributed by atoms with Gasteiger partial charge in [0.15, 0.2) is 5.65 Å². The Morgan fingerprint density at radius 1 is 0.833 bits per heavy atom. The summed E-state index contributed by atoms with van der Waals surface area (Å²) in [7, 11) is 0. The Balaban J connectivity index is 1.60. The summed E-state index contributed by atoms with van der Waals surface area (Å²) in [4.78, 5) is 0. The Kier molecular flexibility index (Phi) is 4.00. The van der Waals surface area contributed by atoms with E-state index in [0.717, 1.165) is 28.9 Å². The van der Waals surface area contributed by atoms with E-state index in [9.17, 15) is 0 Å². The van der Waals surface area contributed by atoms with Crippen LogP contribution in [0.15, 0.2) is 72.9 Å². The van der Waals surface area contributed by atoms with Gasteiger partial charge in [-0.05, 0) is 27.6 Å². The predicted molar refractivity (Wildman–Crippen MR) is 93.2 cm³/mol. The van der Waals surface area contributed by atoms with Crippen molar-refractivity contribution < 1.29 is 0 Å². The number of fused-ring (bicyclic) bond motifs is 1. The van der Waals surface area contributed by atoms with Crippen molar-refractivity contribution in [1.29, 1.82) is 0 Å². The number of hydrogen-bond donors (Lipinski definition) is 1. The second-order valence-corrected chi connectivity index (χ2v) is 5.66. The highest BCUT2D eigenvalue weighted by atomic mass is 15.5. The number of nitrogens with zero attached hydrogens (tertiary/aromatic N) is 4. The molecule has 4 rings (SSSR count). The van der Waals surface area contributed by atoms with Crippen LogP contribution < -0.4 is 5.32 Å². The molecule has 0 atom stereocenters. The maximum absolute atomic E-state index is 4.14. The van der Waals surface area contributed by atoms with Crippen molar-refractivity contribution >= 4 is 5.65 Å². The van der Waals surface area contributed by atoms with Crippen molar-refractivity contribution in [3.05, 3.63) is 84.1 Å². The predicted octanol–water partition coefficient (Wildman–Crippen LogP) is 3.08. The Bertz CT molecular complexity index is 932. The molecule has 2 aromatic heterocycles. The molecule has 1 N–H and O–H groups in total. The SMILES string of the molecule is c1ccc(CNCc2cc(-c3ccccc3)cn3nnnc23)cc1. The van der Waals surface area contributed by atoms with Gasteiger partial charge in [0, 0.05) is 30.4 Å². The molecule has 0 aliphatic carbocycles. The zero-order valence-electron chi connectivity index (χ0n) is 13.1. The first-order chi connectivity index (χ1) is 11.9. The lowest BCUT2D eigenvalue weighted by molar-refractivity contribution is 0.693. The summed E-state index contributed by atoms with van der Waals surface area (Å²) in [5, 5.41) is 15.5. The first-order valence-electron chi connectivity index (χ1n) is 7.91. The van der Waals surface area contributed by atoms with Crippen LogP contribution in [0.2, 0.25) is 0 Å². The molecule has 0 fully saturated rings. The molecule has 0 saturated carbocycles. The molecule has 4 aromatic rings. The third-order valence-electron chi connectivity index (χ3n) is 3.97. The van der Waals surface area contributed by atoms with Crippen LogP contribution >= 0.6 is 0 Å². The molecule has 0 saturated heterocycles. The van der Waals surface area contributed by atoms with Crippen LogP contribution in [0, 0.1) is 0 Å². The van der Waals surface area contributed by atoms with Crippen LogP contribution in [0.25, 0.3) is 16.8 Å². The molecule has 0 bridgehead atoms. The summed E-state index contributed by atoms with van der Waals surface area (Å²) in [5.41, 5.74) is 5.38. The highest BCUT2D eigenvalue weighted by Gasteiger charge is 2.08. The fourth-order valence-corrected chi connectivity index (χ4v) is 2.77. The van der Waals surface area contributed by atoms with Crippen LogP contribution in [0.1, 0.15) is 11.1 Å². The molecule has 5 heteroatoms. The molecular formula is C19H17N5. The number of hydrogen-bond acceptors (Lipinski definition) is 4. The van der Waals surface area contributed by atoms with Crippen molar-refractivity contribution in [3.63, 3.8) is 0 Å². The lowest BCUT2D eigenvalue weighted by Gasteiger charge is -2.09. The van der Waals surface area contributed by atoms with Crippen molar-refractivity contribution in [3.8, 4) is 11.1 Å². The quantitative estimate of drug-likeness (QED) is 0.615. The average Bonchev–Trinajstić information content (AvgIpc) is 3.12. The second-order valence-electron chi connectivity index (χ2n) is 5.66. The van der Waals surface area contributed by atoms with Gasteiger partial charge >= 0.3 is 0 Å². The van der Waals surface area contributed by atoms with Crippen molar-refractivity contribution in [2.45, 2.75) is 13.1 Å². The maximum atomic E-state index is 4.14. The van der Waals surface area contributed by atoms with Gasteiger partial charge in [0.1, 0.15) is 0 Å². The summed E-state index contributed by atoms with van der Waals surface area (Å²) in [5.74, 6) is 0.